The number of rotatable bonds is 7. The van der Waals surface area contributed by atoms with E-state index in [0.29, 0.717) is 18.0 Å². The summed E-state index contributed by atoms with van der Waals surface area (Å²) in [5, 5.41) is 4.84. The number of hydrogen-bond donors (Lipinski definition) is 1. The van der Waals surface area contributed by atoms with Gasteiger partial charge in [0.05, 0.1) is 19.8 Å². The number of carbonyl (C=O) groups is 1. The zero-order valence-corrected chi connectivity index (χ0v) is 14.0. The van der Waals surface area contributed by atoms with Crippen molar-refractivity contribution in [3.05, 3.63) is 45.6 Å². The third-order valence-electron chi connectivity index (χ3n) is 3.31. The average Bonchev–Trinajstić information content (AvgIpc) is 3.01. The molecule has 0 unspecified atom stereocenters. The van der Waals surface area contributed by atoms with Crippen LogP contribution in [0.5, 0.6) is 11.5 Å². The van der Waals surface area contributed by atoms with Gasteiger partial charge in [-0.15, -0.1) is 11.3 Å². The lowest BCUT2D eigenvalue weighted by Gasteiger charge is -2.10. The molecule has 0 aliphatic carbocycles. The number of hydrogen-bond acceptors (Lipinski definition) is 4. The van der Waals surface area contributed by atoms with E-state index in [-0.39, 0.29) is 5.91 Å². The first-order chi connectivity index (χ1) is 10.7. The van der Waals surface area contributed by atoms with E-state index in [2.05, 4.69) is 12.2 Å². The van der Waals surface area contributed by atoms with Crippen molar-refractivity contribution in [1.29, 1.82) is 0 Å². The standard InChI is InChI=1S/C17H21NO3S/c1-4-5-14-9-13(11-22-14)17(19)18-10-12-6-7-15(20-2)16(8-12)21-3/h6-9,11H,4-5,10H2,1-3H3,(H,18,19). The van der Waals surface area contributed by atoms with Gasteiger partial charge in [-0.25, -0.2) is 0 Å². The Labute approximate surface area is 135 Å². The molecular formula is C17H21NO3S. The average molecular weight is 319 g/mol. The van der Waals surface area contributed by atoms with E-state index >= 15 is 0 Å². The van der Waals surface area contributed by atoms with Crippen LogP contribution in [0.1, 0.15) is 34.1 Å². The summed E-state index contributed by atoms with van der Waals surface area (Å²) in [5.74, 6) is 1.29. The van der Waals surface area contributed by atoms with Crippen molar-refractivity contribution in [2.24, 2.45) is 0 Å². The molecule has 0 spiro atoms. The van der Waals surface area contributed by atoms with E-state index in [4.69, 9.17) is 9.47 Å². The Bertz CT molecular complexity index is 637. The first kappa shape index (κ1) is 16.4. The van der Waals surface area contributed by atoms with Gasteiger partial charge in [0.25, 0.3) is 5.91 Å². The second-order valence-electron chi connectivity index (χ2n) is 4.92. The molecule has 0 aliphatic heterocycles. The number of thiophene rings is 1. The SMILES string of the molecule is CCCc1cc(C(=O)NCc2ccc(OC)c(OC)c2)cs1. The minimum Gasteiger partial charge on any atom is -0.493 e. The lowest BCUT2D eigenvalue weighted by molar-refractivity contribution is 0.0951. The number of ether oxygens (including phenoxy) is 2. The summed E-state index contributed by atoms with van der Waals surface area (Å²) in [4.78, 5) is 13.4. The summed E-state index contributed by atoms with van der Waals surface area (Å²) in [6.07, 6.45) is 2.11. The summed E-state index contributed by atoms with van der Waals surface area (Å²) in [6.45, 7) is 2.59. The Balaban J connectivity index is 1.98. The molecule has 1 amide bonds. The van der Waals surface area contributed by atoms with E-state index in [1.54, 1.807) is 25.6 Å². The van der Waals surface area contributed by atoms with Gasteiger partial charge in [0.2, 0.25) is 0 Å². The Kier molecular flexibility index (Phi) is 5.83. The highest BCUT2D eigenvalue weighted by Crippen LogP contribution is 2.27. The lowest BCUT2D eigenvalue weighted by atomic mass is 10.2. The van der Waals surface area contributed by atoms with E-state index in [1.165, 1.54) is 4.88 Å². The van der Waals surface area contributed by atoms with Gasteiger partial charge in [0, 0.05) is 16.8 Å². The number of nitrogens with one attached hydrogen (secondary N) is 1. The molecule has 22 heavy (non-hydrogen) atoms. The third kappa shape index (κ3) is 4.01. The highest BCUT2D eigenvalue weighted by Gasteiger charge is 2.09. The predicted molar refractivity (Wildman–Crippen MR) is 89.0 cm³/mol. The normalized spacial score (nSPS) is 10.3. The maximum Gasteiger partial charge on any atom is 0.252 e. The van der Waals surface area contributed by atoms with Crippen LogP contribution in [-0.2, 0) is 13.0 Å². The molecule has 0 aliphatic rings. The topological polar surface area (TPSA) is 47.6 Å². The summed E-state index contributed by atoms with van der Waals surface area (Å²) in [5.41, 5.74) is 1.70. The molecule has 1 aromatic carbocycles. The van der Waals surface area contributed by atoms with Gasteiger partial charge < -0.3 is 14.8 Å². The van der Waals surface area contributed by atoms with Crippen molar-refractivity contribution < 1.29 is 14.3 Å². The van der Waals surface area contributed by atoms with E-state index in [9.17, 15) is 4.79 Å². The molecule has 2 aromatic rings. The maximum absolute atomic E-state index is 12.2. The largest absolute Gasteiger partial charge is 0.493 e. The van der Waals surface area contributed by atoms with Crippen LogP contribution in [0.3, 0.4) is 0 Å². The molecule has 0 fully saturated rings. The highest BCUT2D eigenvalue weighted by molar-refractivity contribution is 7.10. The first-order valence-electron chi connectivity index (χ1n) is 7.24. The molecule has 0 atom stereocenters. The molecule has 0 radical (unpaired) electrons. The Morgan fingerprint density at radius 1 is 1.18 bits per heavy atom. The monoisotopic (exact) mass is 319 g/mol. The van der Waals surface area contributed by atoms with Crippen molar-refractivity contribution in [2.75, 3.05) is 14.2 Å². The third-order valence-corrected chi connectivity index (χ3v) is 4.31. The Hall–Kier alpha value is -2.01. The van der Waals surface area contributed by atoms with Crippen molar-refractivity contribution >= 4 is 17.2 Å². The van der Waals surface area contributed by atoms with Gasteiger partial charge in [0.15, 0.2) is 11.5 Å². The summed E-state index contributed by atoms with van der Waals surface area (Å²) in [6, 6.07) is 7.59. The number of amides is 1. The molecule has 0 bridgehead atoms. The van der Waals surface area contributed by atoms with Crippen LogP contribution in [0.25, 0.3) is 0 Å². The van der Waals surface area contributed by atoms with Crippen LogP contribution in [0.4, 0.5) is 0 Å². The highest BCUT2D eigenvalue weighted by atomic mass is 32.1. The van der Waals surface area contributed by atoms with Gasteiger partial charge >= 0.3 is 0 Å². The smallest absolute Gasteiger partial charge is 0.252 e. The minimum atomic E-state index is -0.0478. The fraction of sp³-hybridized carbons (Fsp3) is 0.353. The quantitative estimate of drug-likeness (QED) is 0.847. The molecule has 0 saturated heterocycles. The van der Waals surface area contributed by atoms with Gasteiger partial charge in [-0.05, 0) is 30.2 Å². The summed E-state index contributed by atoms with van der Waals surface area (Å²) < 4.78 is 10.5. The van der Waals surface area contributed by atoms with Crippen LogP contribution in [0, 0.1) is 0 Å². The van der Waals surface area contributed by atoms with Crippen LogP contribution >= 0.6 is 11.3 Å². The Morgan fingerprint density at radius 3 is 2.64 bits per heavy atom. The van der Waals surface area contributed by atoms with E-state index in [1.807, 2.05) is 29.6 Å². The van der Waals surface area contributed by atoms with Crippen LogP contribution < -0.4 is 14.8 Å². The van der Waals surface area contributed by atoms with Crippen LogP contribution in [-0.4, -0.2) is 20.1 Å². The first-order valence-corrected chi connectivity index (χ1v) is 8.12. The van der Waals surface area contributed by atoms with Crippen LogP contribution in [0.15, 0.2) is 29.6 Å². The number of aryl methyl sites for hydroxylation is 1. The molecule has 4 nitrogen and oxygen atoms in total. The van der Waals surface area contributed by atoms with E-state index in [0.717, 1.165) is 24.0 Å². The summed E-state index contributed by atoms with van der Waals surface area (Å²) >= 11 is 1.64. The predicted octanol–water partition coefficient (Wildman–Crippen LogP) is 3.65. The zero-order chi connectivity index (χ0) is 15.9. The second kappa shape index (κ2) is 7.84. The minimum absolute atomic E-state index is 0.0478. The molecule has 1 N–H and O–H groups in total. The number of benzene rings is 1. The molecule has 2 rings (SSSR count). The van der Waals surface area contributed by atoms with Crippen molar-refractivity contribution in [3.8, 4) is 11.5 Å². The van der Waals surface area contributed by atoms with Gasteiger partial charge in [0.1, 0.15) is 0 Å². The lowest BCUT2D eigenvalue weighted by Crippen LogP contribution is -2.22. The van der Waals surface area contributed by atoms with Gasteiger partial charge in [-0.2, -0.15) is 0 Å². The Morgan fingerprint density at radius 2 is 1.95 bits per heavy atom. The van der Waals surface area contributed by atoms with E-state index < -0.39 is 0 Å². The number of methoxy groups -OCH3 is 2. The molecule has 1 heterocycles. The molecule has 0 saturated carbocycles. The number of carbonyl (C=O) groups excluding carboxylic acids is 1. The van der Waals surface area contributed by atoms with Crippen LogP contribution in [0.2, 0.25) is 0 Å². The fourth-order valence-electron chi connectivity index (χ4n) is 2.15. The molecule has 5 heteroatoms. The zero-order valence-electron chi connectivity index (χ0n) is 13.1. The van der Waals surface area contributed by atoms with Crippen molar-refractivity contribution in [3.63, 3.8) is 0 Å². The molecule has 118 valence electrons. The summed E-state index contributed by atoms with van der Waals surface area (Å²) in [7, 11) is 3.20. The van der Waals surface area contributed by atoms with Crippen molar-refractivity contribution in [1.82, 2.24) is 5.32 Å². The fourth-order valence-corrected chi connectivity index (χ4v) is 3.12. The molecular weight excluding hydrogens is 298 g/mol. The maximum atomic E-state index is 12.2. The molecule has 1 aromatic heterocycles. The van der Waals surface area contributed by atoms with Gasteiger partial charge in [-0.1, -0.05) is 19.4 Å². The van der Waals surface area contributed by atoms with Gasteiger partial charge in [-0.3, -0.25) is 4.79 Å². The van der Waals surface area contributed by atoms with Crippen molar-refractivity contribution in [2.45, 2.75) is 26.3 Å². The second-order valence-corrected chi connectivity index (χ2v) is 5.92.